The molecule has 1 aromatic rings. The standard InChI is InChI=1S/C13H19N3O/c1-2-9-15-12(17)16-13(7-8-13)10-5-3-4-6-11(10)14/h3-6H,2,7-9,14H2,1H3,(H2,15,16,17). The molecule has 2 rings (SSSR count). The van der Waals surface area contributed by atoms with Gasteiger partial charge in [0.1, 0.15) is 0 Å². The first-order valence-electron chi connectivity index (χ1n) is 6.09. The number of amides is 2. The largest absolute Gasteiger partial charge is 0.398 e. The Morgan fingerprint density at radius 3 is 2.71 bits per heavy atom. The molecule has 0 unspecified atom stereocenters. The third-order valence-corrected chi connectivity index (χ3v) is 3.11. The van der Waals surface area contributed by atoms with Crippen LogP contribution >= 0.6 is 0 Å². The molecule has 1 saturated carbocycles. The van der Waals surface area contributed by atoms with Gasteiger partial charge in [0.05, 0.1) is 5.54 Å². The molecular formula is C13H19N3O. The van der Waals surface area contributed by atoms with Gasteiger partial charge < -0.3 is 16.4 Å². The molecule has 0 bridgehead atoms. The molecule has 0 heterocycles. The number of para-hydroxylation sites is 1. The van der Waals surface area contributed by atoms with Crippen LogP contribution in [0, 0.1) is 0 Å². The van der Waals surface area contributed by atoms with E-state index in [4.69, 9.17) is 5.73 Å². The Morgan fingerprint density at radius 2 is 2.12 bits per heavy atom. The number of nitrogens with two attached hydrogens (primary N) is 1. The summed E-state index contributed by atoms with van der Waals surface area (Å²) in [5, 5.41) is 5.86. The van der Waals surface area contributed by atoms with Gasteiger partial charge in [-0.1, -0.05) is 25.1 Å². The third kappa shape index (κ3) is 2.52. The third-order valence-electron chi connectivity index (χ3n) is 3.11. The van der Waals surface area contributed by atoms with E-state index in [1.165, 1.54) is 0 Å². The Labute approximate surface area is 102 Å². The summed E-state index contributed by atoms with van der Waals surface area (Å²) in [6, 6.07) is 7.63. The summed E-state index contributed by atoms with van der Waals surface area (Å²) in [7, 11) is 0. The van der Waals surface area contributed by atoms with Gasteiger partial charge in [-0.05, 0) is 25.3 Å². The minimum atomic E-state index is -0.233. The van der Waals surface area contributed by atoms with E-state index in [0.29, 0.717) is 6.54 Å². The van der Waals surface area contributed by atoms with Gasteiger partial charge in [-0.15, -0.1) is 0 Å². The normalized spacial score (nSPS) is 16.3. The Hall–Kier alpha value is -1.71. The monoisotopic (exact) mass is 233 g/mol. The maximum absolute atomic E-state index is 11.7. The molecule has 1 fully saturated rings. The fourth-order valence-corrected chi connectivity index (χ4v) is 2.02. The van der Waals surface area contributed by atoms with Crippen molar-refractivity contribution in [3.63, 3.8) is 0 Å². The predicted molar refractivity (Wildman–Crippen MR) is 68.6 cm³/mol. The summed E-state index contributed by atoms with van der Waals surface area (Å²) in [4.78, 5) is 11.7. The zero-order valence-electron chi connectivity index (χ0n) is 10.1. The summed E-state index contributed by atoms with van der Waals surface area (Å²) in [5.74, 6) is 0. The highest BCUT2D eigenvalue weighted by Gasteiger charge is 2.46. The van der Waals surface area contributed by atoms with E-state index in [1.807, 2.05) is 31.2 Å². The molecule has 0 atom stereocenters. The van der Waals surface area contributed by atoms with Crippen molar-refractivity contribution in [3.05, 3.63) is 29.8 Å². The van der Waals surface area contributed by atoms with Gasteiger partial charge in [0.2, 0.25) is 0 Å². The number of rotatable bonds is 4. The van der Waals surface area contributed by atoms with Gasteiger partial charge >= 0.3 is 6.03 Å². The molecule has 4 N–H and O–H groups in total. The van der Waals surface area contributed by atoms with Crippen LogP contribution in [0.25, 0.3) is 0 Å². The van der Waals surface area contributed by atoms with E-state index in [9.17, 15) is 4.79 Å². The van der Waals surface area contributed by atoms with Gasteiger partial charge in [-0.2, -0.15) is 0 Å². The van der Waals surface area contributed by atoms with Crippen LogP contribution in [-0.4, -0.2) is 12.6 Å². The summed E-state index contributed by atoms with van der Waals surface area (Å²) < 4.78 is 0. The van der Waals surface area contributed by atoms with E-state index in [-0.39, 0.29) is 11.6 Å². The lowest BCUT2D eigenvalue weighted by Gasteiger charge is -2.20. The fourth-order valence-electron chi connectivity index (χ4n) is 2.02. The van der Waals surface area contributed by atoms with Gasteiger partial charge in [-0.25, -0.2) is 4.79 Å². The molecule has 1 aliphatic rings. The minimum absolute atomic E-state index is 0.104. The Kier molecular flexibility index (Phi) is 3.22. The number of hydrogen-bond donors (Lipinski definition) is 3. The van der Waals surface area contributed by atoms with E-state index in [2.05, 4.69) is 10.6 Å². The summed E-state index contributed by atoms with van der Waals surface area (Å²) in [5.41, 5.74) is 7.50. The molecule has 0 spiro atoms. The molecule has 2 amide bonds. The second-order valence-electron chi connectivity index (χ2n) is 4.55. The topological polar surface area (TPSA) is 67.2 Å². The maximum atomic E-state index is 11.7. The number of carbonyl (C=O) groups is 1. The van der Waals surface area contributed by atoms with Crippen LogP contribution in [0.1, 0.15) is 31.7 Å². The van der Waals surface area contributed by atoms with Crippen molar-refractivity contribution in [2.24, 2.45) is 0 Å². The lowest BCUT2D eigenvalue weighted by molar-refractivity contribution is 0.236. The highest BCUT2D eigenvalue weighted by atomic mass is 16.2. The van der Waals surface area contributed by atoms with Crippen molar-refractivity contribution in [2.45, 2.75) is 31.7 Å². The van der Waals surface area contributed by atoms with Crippen molar-refractivity contribution in [3.8, 4) is 0 Å². The highest BCUT2D eigenvalue weighted by molar-refractivity contribution is 5.76. The van der Waals surface area contributed by atoms with E-state index < -0.39 is 0 Å². The Balaban J connectivity index is 2.05. The number of anilines is 1. The molecule has 1 aromatic carbocycles. The molecule has 0 saturated heterocycles. The second-order valence-corrected chi connectivity index (χ2v) is 4.55. The summed E-state index contributed by atoms with van der Waals surface area (Å²) in [6.45, 7) is 2.73. The lowest BCUT2D eigenvalue weighted by atomic mass is 10.0. The minimum Gasteiger partial charge on any atom is -0.398 e. The molecule has 4 heteroatoms. The average Bonchev–Trinajstić information content (AvgIpc) is 3.07. The Morgan fingerprint density at radius 1 is 1.41 bits per heavy atom. The van der Waals surface area contributed by atoms with Crippen LogP contribution in [-0.2, 0) is 5.54 Å². The number of urea groups is 1. The SMILES string of the molecule is CCCNC(=O)NC1(c2ccccc2N)CC1. The summed E-state index contributed by atoms with van der Waals surface area (Å²) in [6.07, 6.45) is 2.86. The molecular weight excluding hydrogens is 214 g/mol. The molecule has 0 aromatic heterocycles. The number of carbonyl (C=O) groups excluding carboxylic acids is 1. The van der Waals surface area contributed by atoms with Crippen molar-refractivity contribution < 1.29 is 4.79 Å². The fraction of sp³-hybridized carbons (Fsp3) is 0.462. The maximum Gasteiger partial charge on any atom is 0.315 e. The van der Waals surface area contributed by atoms with Crippen molar-refractivity contribution in [2.75, 3.05) is 12.3 Å². The molecule has 92 valence electrons. The van der Waals surface area contributed by atoms with Crippen molar-refractivity contribution in [1.29, 1.82) is 0 Å². The van der Waals surface area contributed by atoms with Gasteiger partial charge in [0.25, 0.3) is 0 Å². The average molecular weight is 233 g/mol. The van der Waals surface area contributed by atoms with Crippen LogP contribution < -0.4 is 16.4 Å². The van der Waals surface area contributed by atoms with Crippen molar-refractivity contribution >= 4 is 11.7 Å². The first kappa shape index (κ1) is 11.8. The van der Waals surface area contributed by atoms with Crippen LogP contribution in [0.15, 0.2) is 24.3 Å². The smallest absolute Gasteiger partial charge is 0.315 e. The molecule has 17 heavy (non-hydrogen) atoms. The molecule has 1 aliphatic carbocycles. The first-order valence-corrected chi connectivity index (χ1v) is 6.09. The highest BCUT2D eigenvalue weighted by Crippen LogP contribution is 2.47. The van der Waals surface area contributed by atoms with E-state index in [0.717, 1.165) is 30.5 Å². The van der Waals surface area contributed by atoms with E-state index in [1.54, 1.807) is 0 Å². The van der Waals surface area contributed by atoms with Gasteiger partial charge in [0.15, 0.2) is 0 Å². The number of hydrogen-bond acceptors (Lipinski definition) is 2. The quantitative estimate of drug-likeness (QED) is 0.696. The summed E-state index contributed by atoms with van der Waals surface area (Å²) >= 11 is 0. The second kappa shape index (κ2) is 4.65. The van der Waals surface area contributed by atoms with Gasteiger partial charge in [0, 0.05) is 17.8 Å². The number of nitrogen functional groups attached to an aromatic ring is 1. The van der Waals surface area contributed by atoms with Gasteiger partial charge in [-0.3, -0.25) is 0 Å². The van der Waals surface area contributed by atoms with Crippen LogP contribution in [0.4, 0.5) is 10.5 Å². The zero-order valence-corrected chi connectivity index (χ0v) is 10.1. The molecule has 4 nitrogen and oxygen atoms in total. The number of nitrogens with one attached hydrogen (secondary N) is 2. The predicted octanol–water partition coefficient (Wildman–Crippen LogP) is 1.97. The molecule has 0 radical (unpaired) electrons. The lowest BCUT2D eigenvalue weighted by Crippen LogP contribution is -2.42. The Bertz CT molecular complexity index is 413. The van der Waals surface area contributed by atoms with Crippen LogP contribution in [0.3, 0.4) is 0 Å². The van der Waals surface area contributed by atoms with Crippen molar-refractivity contribution in [1.82, 2.24) is 10.6 Å². The first-order chi connectivity index (χ1) is 8.18. The van der Waals surface area contributed by atoms with Crippen LogP contribution in [0.2, 0.25) is 0 Å². The number of benzene rings is 1. The zero-order chi connectivity index (χ0) is 12.3. The molecule has 0 aliphatic heterocycles. The van der Waals surface area contributed by atoms with Crippen LogP contribution in [0.5, 0.6) is 0 Å². The van der Waals surface area contributed by atoms with E-state index >= 15 is 0 Å².